The van der Waals surface area contributed by atoms with E-state index >= 15 is 0 Å². The summed E-state index contributed by atoms with van der Waals surface area (Å²) in [6.45, 7) is 0.540. The van der Waals surface area contributed by atoms with Crippen LogP contribution in [0.5, 0.6) is 0 Å². The molecule has 25 heavy (non-hydrogen) atoms. The molecule has 3 aromatic rings. The molecule has 2 atom stereocenters. The molecule has 0 aliphatic heterocycles. The fourth-order valence-corrected chi connectivity index (χ4v) is 3.59. The molecular weight excluding hydrogens is 314 g/mol. The summed E-state index contributed by atoms with van der Waals surface area (Å²) >= 11 is 0. The third-order valence-electron chi connectivity index (χ3n) is 4.85. The number of para-hydroxylation sites is 1. The van der Waals surface area contributed by atoms with Crippen LogP contribution in [0, 0.1) is 0 Å². The van der Waals surface area contributed by atoms with Gasteiger partial charge in [0.25, 0.3) is 0 Å². The average molecular weight is 335 g/mol. The van der Waals surface area contributed by atoms with Gasteiger partial charge in [-0.05, 0) is 29.2 Å². The summed E-state index contributed by atoms with van der Waals surface area (Å²) in [6, 6.07) is 15.4. The molecule has 2 aromatic carbocycles. The molecule has 0 fully saturated rings. The highest BCUT2D eigenvalue weighted by molar-refractivity contribution is 5.83. The molecule has 0 saturated heterocycles. The van der Waals surface area contributed by atoms with Gasteiger partial charge in [-0.15, -0.1) is 0 Å². The van der Waals surface area contributed by atoms with E-state index in [4.69, 9.17) is 0 Å². The Morgan fingerprint density at radius 2 is 1.96 bits per heavy atom. The molecule has 1 aliphatic rings. The molecule has 0 bridgehead atoms. The Labute approximate surface area is 146 Å². The van der Waals surface area contributed by atoms with E-state index in [1.54, 1.807) is 0 Å². The largest absolute Gasteiger partial charge is 0.390 e. The smallest absolute Gasteiger partial charge is 0.315 e. The van der Waals surface area contributed by atoms with Crippen molar-refractivity contribution in [1.29, 1.82) is 0 Å². The second-order valence-corrected chi connectivity index (χ2v) is 6.46. The van der Waals surface area contributed by atoms with Crippen molar-refractivity contribution >= 4 is 16.9 Å². The van der Waals surface area contributed by atoms with Crippen LogP contribution in [0.15, 0.2) is 54.7 Å². The van der Waals surface area contributed by atoms with Crippen LogP contribution in [0.4, 0.5) is 4.79 Å². The van der Waals surface area contributed by atoms with Crippen molar-refractivity contribution in [3.63, 3.8) is 0 Å². The first-order chi connectivity index (χ1) is 12.2. The van der Waals surface area contributed by atoms with Crippen molar-refractivity contribution in [2.24, 2.45) is 0 Å². The molecular formula is C20H21N3O2. The number of aliphatic hydroxyl groups is 1. The van der Waals surface area contributed by atoms with Gasteiger partial charge in [-0.1, -0.05) is 42.5 Å². The van der Waals surface area contributed by atoms with Crippen molar-refractivity contribution in [2.45, 2.75) is 25.0 Å². The van der Waals surface area contributed by atoms with E-state index in [2.05, 4.69) is 21.7 Å². The van der Waals surface area contributed by atoms with Crippen LogP contribution < -0.4 is 10.6 Å². The van der Waals surface area contributed by atoms with Gasteiger partial charge in [0, 0.05) is 30.1 Å². The van der Waals surface area contributed by atoms with E-state index in [1.165, 1.54) is 10.9 Å². The molecule has 0 saturated carbocycles. The Morgan fingerprint density at radius 1 is 1.16 bits per heavy atom. The number of hydrogen-bond acceptors (Lipinski definition) is 2. The first-order valence-electron chi connectivity index (χ1n) is 8.57. The number of hydrogen-bond donors (Lipinski definition) is 4. The number of carbonyl (C=O) groups excluding carboxylic acids is 1. The molecule has 128 valence electrons. The van der Waals surface area contributed by atoms with Crippen LogP contribution in [-0.2, 0) is 12.8 Å². The lowest BCUT2D eigenvalue weighted by molar-refractivity contribution is 0.142. The molecule has 2 amide bonds. The molecule has 5 heteroatoms. The Balaban J connectivity index is 1.34. The maximum Gasteiger partial charge on any atom is 0.315 e. The number of aromatic amines is 1. The number of amides is 2. The second kappa shape index (κ2) is 6.61. The lowest BCUT2D eigenvalue weighted by Crippen LogP contribution is -2.41. The number of nitrogens with one attached hydrogen (secondary N) is 3. The molecule has 5 nitrogen and oxygen atoms in total. The van der Waals surface area contributed by atoms with Crippen LogP contribution in [0.25, 0.3) is 10.9 Å². The summed E-state index contributed by atoms with van der Waals surface area (Å²) in [4.78, 5) is 15.4. The van der Waals surface area contributed by atoms with Gasteiger partial charge in [0.1, 0.15) is 0 Å². The van der Waals surface area contributed by atoms with E-state index in [9.17, 15) is 9.90 Å². The van der Waals surface area contributed by atoms with Gasteiger partial charge in [0.2, 0.25) is 0 Å². The van der Waals surface area contributed by atoms with Crippen LogP contribution in [-0.4, -0.2) is 28.8 Å². The number of aliphatic hydroxyl groups excluding tert-OH is 1. The zero-order valence-electron chi connectivity index (χ0n) is 13.8. The van der Waals surface area contributed by atoms with Crippen LogP contribution in [0.2, 0.25) is 0 Å². The van der Waals surface area contributed by atoms with Gasteiger partial charge in [-0.3, -0.25) is 0 Å². The number of carbonyl (C=O) groups is 1. The quantitative estimate of drug-likeness (QED) is 0.592. The number of H-pyrrole nitrogens is 1. The SMILES string of the molecule is O=C(NCCc1c[nH]c2ccccc12)NC1c2ccccc2CC1O. The first-order valence-corrected chi connectivity index (χ1v) is 8.57. The molecule has 2 unspecified atom stereocenters. The second-order valence-electron chi connectivity index (χ2n) is 6.46. The van der Waals surface area contributed by atoms with E-state index in [-0.39, 0.29) is 12.1 Å². The van der Waals surface area contributed by atoms with Crippen LogP contribution >= 0.6 is 0 Å². The summed E-state index contributed by atoms with van der Waals surface area (Å²) < 4.78 is 0. The summed E-state index contributed by atoms with van der Waals surface area (Å²) in [5.74, 6) is 0. The normalized spacial score (nSPS) is 18.9. The van der Waals surface area contributed by atoms with Crippen molar-refractivity contribution in [3.8, 4) is 0 Å². The standard InChI is InChI=1S/C20H21N3O2/c24-18-11-13-5-1-2-7-16(13)19(18)23-20(25)21-10-9-14-12-22-17-8-4-3-6-15(14)17/h1-8,12,18-19,22,24H,9-11H2,(H2,21,23,25). The molecule has 1 aliphatic carbocycles. The Bertz CT molecular complexity index is 903. The summed E-state index contributed by atoms with van der Waals surface area (Å²) in [5.41, 5.74) is 4.38. The van der Waals surface area contributed by atoms with Crippen LogP contribution in [0.1, 0.15) is 22.7 Å². The minimum atomic E-state index is -0.572. The predicted octanol–water partition coefficient (Wildman–Crippen LogP) is 2.67. The van der Waals surface area contributed by atoms with Gasteiger partial charge in [-0.2, -0.15) is 0 Å². The fraction of sp³-hybridized carbons (Fsp3) is 0.250. The zero-order chi connectivity index (χ0) is 17.2. The molecule has 4 N–H and O–H groups in total. The number of rotatable bonds is 4. The molecule has 0 radical (unpaired) electrons. The Hall–Kier alpha value is -2.79. The average Bonchev–Trinajstić information content (AvgIpc) is 3.17. The van der Waals surface area contributed by atoms with Crippen molar-refractivity contribution in [3.05, 3.63) is 71.4 Å². The maximum atomic E-state index is 12.2. The Kier molecular flexibility index (Phi) is 4.15. The lowest BCUT2D eigenvalue weighted by Gasteiger charge is -2.18. The molecule has 1 heterocycles. The van der Waals surface area contributed by atoms with E-state index < -0.39 is 6.10 Å². The first kappa shape index (κ1) is 15.7. The predicted molar refractivity (Wildman–Crippen MR) is 97.4 cm³/mol. The summed E-state index contributed by atoms with van der Waals surface area (Å²) in [5, 5.41) is 17.2. The van der Waals surface area contributed by atoms with E-state index in [1.807, 2.05) is 48.7 Å². The van der Waals surface area contributed by atoms with Crippen LogP contribution in [0.3, 0.4) is 0 Å². The van der Waals surface area contributed by atoms with Crippen molar-refractivity contribution in [1.82, 2.24) is 15.6 Å². The maximum absolute atomic E-state index is 12.2. The Morgan fingerprint density at radius 3 is 2.88 bits per heavy atom. The lowest BCUT2D eigenvalue weighted by atomic mass is 10.1. The van der Waals surface area contributed by atoms with E-state index in [0.29, 0.717) is 13.0 Å². The van der Waals surface area contributed by atoms with Gasteiger partial charge >= 0.3 is 6.03 Å². The van der Waals surface area contributed by atoms with Gasteiger partial charge in [0.15, 0.2) is 0 Å². The number of benzene rings is 2. The van der Waals surface area contributed by atoms with Crippen molar-refractivity contribution in [2.75, 3.05) is 6.54 Å². The fourth-order valence-electron chi connectivity index (χ4n) is 3.59. The van der Waals surface area contributed by atoms with Gasteiger partial charge in [-0.25, -0.2) is 4.79 Å². The summed E-state index contributed by atoms with van der Waals surface area (Å²) in [7, 11) is 0. The third kappa shape index (κ3) is 3.10. The highest BCUT2D eigenvalue weighted by Crippen LogP contribution is 2.31. The number of fused-ring (bicyclic) bond motifs is 2. The number of urea groups is 1. The van der Waals surface area contributed by atoms with E-state index in [0.717, 1.165) is 23.1 Å². The minimum Gasteiger partial charge on any atom is -0.390 e. The monoisotopic (exact) mass is 335 g/mol. The highest BCUT2D eigenvalue weighted by atomic mass is 16.3. The molecule has 1 aromatic heterocycles. The van der Waals surface area contributed by atoms with Gasteiger partial charge in [0.05, 0.1) is 12.1 Å². The highest BCUT2D eigenvalue weighted by Gasteiger charge is 2.31. The molecule has 4 rings (SSSR count). The zero-order valence-corrected chi connectivity index (χ0v) is 13.8. The molecule has 0 spiro atoms. The van der Waals surface area contributed by atoms with Gasteiger partial charge < -0.3 is 20.7 Å². The number of aromatic nitrogens is 1. The minimum absolute atomic E-state index is 0.249. The van der Waals surface area contributed by atoms with Crippen molar-refractivity contribution < 1.29 is 9.90 Å². The summed E-state index contributed by atoms with van der Waals surface area (Å²) in [6.07, 6.45) is 2.75. The third-order valence-corrected chi connectivity index (χ3v) is 4.85. The topological polar surface area (TPSA) is 77.2 Å².